The molecule has 0 aromatic carbocycles. The van der Waals surface area contributed by atoms with Gasteiger partial charge in [0.1, 0.15) is 6.04 Å². The number of nitrogens with two attached hydrogens (primary N) is 1. The lowest BCUT2D eigenvalue weighted by atomic mass is 10.3. The van der Waals surface area contributed by atoms with Gasteiger partial charge in [-0.2, -0.15) is 5.10 Å². The summed E-state index contributed by atoms with van der Waals surface area (Å²) >= 11 is 0. The molecular formula is C7H9N3O3. The van der Waals surface area contributed by atoms with Gasteiger partial charge in [-0.15, -0.1) is 0 Å². The summed E-state index contributed by atoms with van der Waals surface area (Å²) in [5, 5.41) is 12.2. The Kier molecular flexibility index (Phi) is 2.32. The molecule has 0 aliphatic heterocycles. The standard InChI is InChI=1S/C7H9N3O3/c1-4(6(8)11)10-3-2-5(9-10)7(12)13/h2-4H,1H3,(H2,8,11)(H,12,13). The van der Waals surface area contributed by atoms with Crippen LogP contribution in [0.3, 0.4) is 0 Å². The minimum atomic E-state index is -1.13. The fourth-order valence-electron chi connectivity index (χ4n) is 0.798. The Morgan fingerprint density at radius 2 is 2.31 bits per heavy atom. The third-order valence-electron chi connectivity index (χ3n) is 1.64. The molecule has 0 aliphatic rings. The molecule has 1 aromatic rings. The monoisotopic (exact) mass is 183 g/mol. The third-order valence-corrected chi connectivity index (χ3v) is 1.64. The highest BCUT2D eigenvalue weighted by Crippen LogP contribution is 2.04. The van der Waals surface area contributed by atoms with Crippen molar-refractivity contribution in [1.29, 1.82) is 0 Å². The van der Waals surface area contributed by atoms with Gasteiger partial charge in [0.05, 0.1) is 0 Å². The van der Waals surface area contributed by atoms with E-state index >= 15 is 0 Å². The van der Waals surface area contributed by atoms with E-state index in [-0.39, 0.29) is 5.69 Å². The molecule has 0 aliphatic carbocycles. The molecular weight excluding hydrogens is 174 g/mol. The molecule has 3 N–H and O–H groups in total. The number of hydrogen-bond donors (Lipinski definition) is 2. The molecule has 6 nitrogen and oxygen atoms in total. The minimum Gasteiger partial charge on any atom is -0.476 e. The summed E-state index contributed by atoms with van der Waals surface area (Å²) in [6, 6.07) is 0.676. The molecule has 13 heavy (non-hydrogen) atoms. The number of carbonyl (C=O) groups is 2. The van der Waals surface area contributed by atoms with E-state index in [0.29, 0.717) is 0 Å². The molecule has 1 aromatic heterocycles. The quantitative estimate of drug-likeness (QED) is 0.667. The van der Waals surface area contributed by atoms with Crippen molar-refractivity contribution in [3.63, 3.8) is 0 Å². The fraction of sp³-hybridized carbons (Fsp3) is 0.286. The summed E-state index contributed by atoms with van der Waals surface area (Å²) in [7, 11) is 0. The smallest absolute Gasteiger partial charge is 0.356 e. The molecule has 0 fully saturated rings. The summed E-state index contributed by atoms with van der Waals surface area (Å²) in [5.74, 6) is -1.68. The number of carboxylic acid groups (broad SMARTS) is 1. The van der Waals surface area contributed by atoms with Gasteiger partial charge in [-0.1, -0.05) is 0 Å². The zero-order chi connectivity index (χ0) is 10.0. The van der Waals surface area contributed by atoms with Crippen LogP contribution in [0, 0.1) is 0 Å². The molecule has 1 heterocycles. The maximum atomic E-state index is 10.7. The summed E-state index contributed by atoms with van der Waals surface area (Å²) < 4.78 is 1.21. The molecule has 0 saturated heterocycles. The van der Waals surface area contributed by atoms with E-state index in [0.717, 1.165) is 0 Å². The molecule has 1 amide bonds. The minimum absolute atomic E-state index is 0.104. The highest BCUT2D eigenvalue weighted by atomic mass is 16.4. The number of carboxylic acids is 1. The van der Waals surface area contributed by atoms with Gasteiger partial charge >= 0.3 is 5.97 Å². The maximum absolute atomic E-state index is 10.7. The Hall–Kier alpha value is -1.85. The van der Waals surface area contributed by atoms with Gasteiger partial charge in [0.25, 0.3) is 0 Å². The van der Waals surface area contributed by atoms with Gasteiger partial charge in [-0.3, -0.25) is 9.48 Å². The second-order valence-corrected chi connectivity index (χ2v) is 2.56. The molecule has 6 heteroatoms. The first-order valence-corrected chi connectivity index (χ1v) is 3.60. The van der Waals surface area contributed by atoms with E-state index in [4.69, 9.17) is 10.8 Å². The lowest BCUT2D eigenvalue weighted by Crippen LogP contribution is -2.24. The first-order valence-electron chi connectivity index (χ1n) is 3.60. The Bertz CT molecular complexity index is 345. The Balaban J connectivity index is 2.91. The van der Waals surface area contributed by atoms with Gasteiger partial charge in [0.2, 0.25) is 5.91 Å². The third kappa shape index (κ3) is 1.84. The lowest BCUT2D eigenvalue weighted by Gasteiger charge is -2.05. The fourth-order valence-corrected chi connectivity index (χ4v) is 0.798. The Morgan fingerprint density at radius 3 is 2.69 bits per heavy atom. The van der Waals surface area contributed by atoms with Crippen molar-refractivity contribution in [2.45, 2.75) is 13.0 Å². The second kappa shape index (κ2) is 3.26. The van der Waals surface area contributed by atoms with Crippen molar-refractivity contribution in [3.8, 4) is 0 Å². The van der Waals surface area contributed by atoms with Crippen molar-refractivity contribution in [2.75, 3.05) is 0 Å². The average molecular weight is 183 g/mol. The summed E-state index contributed by atoms with van der Waals surface area (Å²) in [5.41, 5.74) is 4.90. The van der Waals surface area contributed by atoms with Crippen LogP contribution >= 0.6 is 0 Å². The van der Waals surface area contributed by atoms with E-state index in [2.05, 4.69) is 5.10 Å². The van der Waals surface area contributed by atoms with Crippen LogP contribution in [0.4, 0.5) is 0 Å². The second-order valence-electron chi connectivity index (χ2n) is 2.56. The maximum Gasteiger partial charge on any atom is 0.356 e. The van der Waals surface area contributed by atoms with E-state index < -0.39 is 17.9 Å². The van der Waals surface area contributed by atoms with Crippen LogP contribution in [0.5, 0.6) is 0 Å². The van der Waals surface area contributed by atoms with Gasteiger partial charge in [0.15, 0.2) is 5.69 Å². The zero-order valence-corrected chi connectivity index (χ0v) is 6.97. The van der Waals surface area contributed by atoms with Crippen molar-refractivity contribution in [1.82, 2.24) is 9.78 Å². The van der Waals surface area contributed by atoms with E-state index in [1.807, 2.05) is 0 Å². The molecule has 0 bridgehead atoms. The van der Waals surface area contributed by atoms with Gasteiger partial charge in [-0.25, -0.2) is 4.79 Å². The SMILES string of the molecule is CC(C(N)=O)n1ccc(C(=O)O)n1. The van der Waals surface area contributed by atoms with Crippen LogP contribution in [0.25, 0.3) is 0 Å². The topological polar surface area (TPSA) is 98.2 Å². The highest BCUT2D eigenvalue weighted by molar-refractivity contribution is 5.85. The van der Waals surface area contributed by atoms with Crippen molar-refractivity contribution in [2.24, 2.45) is 5.73 Å². The molecule has 1 unspecified atom stereocenters. The lowest BCUT2D eigenvalue weighted by molar-refractivity contribution is -0.120. The van der Waals surface area contributed by atoms with Crippen LogP contribution < -0.4 is 5.73 Å². The molecule has 1 rings (SSSR count). The summed E-state index contributed by atoms with van der Waals surface area (Å²) in [4.78, 5) is 21.1. The number of amides is 1. The first-order chi connectivity index (χ1) is 6.02. The van der Waals surface area contributed by atoms with Crippen LogP contribution in [-0.4, -0.2) is 26.8 Å². The van der Waals surface area contributed by atoms with Crippen molar-refractivity contribution < 1.29 is 14.7 Å². The van der Waals surface area contributed by atoms with Gasteiger partial charge in [-0.05, 0) is 13.0 Å². The van der Waals surface area contributed by atoms with Crippen LogP contribution in [0.1, 0.15) is 23.5 Å². The molecule has 70 valence electrons. The average Bonchev–Trinajstić information content (AvgIpc) is 2.50. The first kappa shape index (κ1) is 9.24. The van der Waals surface area contributed by atoms with Crippen LogP contribution in [-0.2, 0) is 4.79 Å². The molecule has 0 spiro atoms. The predicted molar refractivity (Wildman–Crippen MR) is 43.1 cm³/mol. The summed E-state index contributed by atoms with van der Waals surface area (Å²) in [6.45, 7) is 1.54. The number of carbonyl (C=O) groups excluding carboxylic acids is 1. The largest absolute Gasteiger partial charge is 0.476 e. The van der Waals surface area contributed by atoms with Crippen LogP contribution in [0.15, 0.2) is 12.3 Å². The number of hydrogen-bond acceptors (Lipinski definition) is 3. The number of nitrogens with zero attached hydrogens (tertiary/aromatic N) is 2. The highest BCUT2D eigenvalue weighted by Gasteiger charge is 2.14. The zero-order valence-electron chi connectivity index (χ0n) is 6.97. The normalized spacial score (nSPS) is 12.4. The Morgan fingerprint density at radius 1 is 1.69 bits per heavy atom. The summed E-state index contributed by atoms with van der Waals surface area (Å²) in [6.07, 6.45) is 1.40. The number of aromatic nitrogens is 2. The van der Waals surface area contributed by atoms with Crippen molar-refractivity contribution >= 4 is 11.9 Å². The van der Waals surface area contributed by atoms with Crippen LogP contribution in [0.2, 0.25) is 0 Å². The van der Waals surface area contributed by atoms with E-state index in [1.54, 1.807) is 6.92 Å². The van der Waals surface area contributed by atoms with E-state index in [9.17, 15) is 9.59 Å². The van der Waals surface area contributed by atoms with Crippen molar-refractivity contribution in [3.05, 3.63) is 18.0 Å². The van der Waals surface area contributed by atoms with Gasteiger partial charge in [0, 0.05) is 6.20 Å². The van der Waals surface area contributed by atoms with Gasteiger partial charge < -0.3 is 10.8 Å². The van der Waals surface area contributed by atoms with E-state index in [1.165, 1.54) is 16.9 Å². The number of aromatic carboxylic acids is 1. The molecule has 0 radical (unpaired) electrons. The number of rotatable bonds is 3. The number of primary amides is 1. The predicted octanol–water partition coefficient (Wildman–Crippen LogP) is -0.372. The Labute approximate surface area is 74.0 Å². The molecule has 1 atom stereocenters. The molecule has 0 saturated carbocycles.